The van der Waals surface area contributed by atoms with Gasteiger partial charge in [-0.3, -0.25) is 9.59 Å². The summed E-state index contributed by atoms with van der Waals surface area (Å²) >= 11 is 0. The highest BCUT2D eigenvalue weighted by Crippen LogP contribution is 2.13. The second-order valence-corrected chi connectivity index (χ2v) is 6.12. The van der Waals surface area contributed by atoms with Crippen molar-refractivity contribution >= 4 is 17.5 Å². The minimum Gasteiger partial charge on any atom is -0.459 e. The highest BCUT2D eigenvalue weighted by Gasteiger charge is 2.10. The first-order chi connectivity index (χ1) is 12.5. The van der Waals surface area contributed by atoms with E-state index in [-0.39, 0.29) is 17.6 Å². The number of carbonyl (C=O) groups is 2. The molecule has 0 bridgehead atoms. The molecule has 132 valence electrons. The summed E-state index contributed by atoms with van der Waals surface area (Å²) in [5.41, 5.74) is 4.57. The Morgan fingerprint density at radius 3 is 2.38 bits per heavy atom. The third kappa shape index (κ3) is 4.19. The first kappa shape index (κ1) is 17.5. The Morgan fingerprint density at radius 1 is 0.962 bits per heavy atom. The lowest BCUT2D eigenvalue weighted by Crippen LogP contribution is -2.23. The molecule has 0 saturated heterocycles. The predicted octanol–water partition coefficient (Wildman–Crippen LogP) is 4.08. The molecule has 3 rings (SSSR count). The zero-order chi connectivity index (χ0) is 18.5. The Kier molecular flexibility index (Phi) is 5.17. The fourth-order valence-corrected chi connectivity index (χ4v) is 2.63. The smallest absolute Gasteiger partial charge is 0.291 e. The summed E-state index contributed by atoms with van der Waals surface area (Å²) in [4.78, 5) is 24.2. The molecule has 2 N–H and O–H groups in total. The highest BCUT2D eigenvalue weighted by molar-refractivity contribution is 6.02. The van der Waals surface area contributed by atoms with Crippen LogP contribution in [0.15, 0.2) is 65.3 Å². The van der Waals surface area contributed by atoms with E-state index in [1.165, 1.54) is 11.8 Å². The topological polar surface area (TPSA) is 71.3 Å². The quantitative estimate of drug-likeness (QED) is 0.730. The van der Waals surface area contributed by atoms with Crippen molar-refractivity contribution in [1.29, 1.82) is 0 Å². The lowest BCUT2D eigenvalue weighted by Gasteiger charge is -2.09. The minimum absolute atomic E-state index is 0.158. The van der Waals surface area contributed by atoms with Gasteiger partial charge in [-0.05, 0) is 61.4 Å². The number of nitrogens with one attached hydrogen (secondary N) is 2. The number of rotatable bonds is 5. The van der Waals surface area contributed by atoms with Gasteiger partial charge in [0.05, 0.1) is 6.26 Å². The molecule has 26 heavy (non-hydrogen) atoms. The van der Waals surface area contributed by atoms with Crippen molar-refractivity contribution in [1.82, 2.24) is 5.32 Å². The van der Waals surface area contributed by atoms with Gasteiger partial charge < -0.3 is 15.1 Å². The molecule has 0 radical (unpaired) electrons. The molecule has 0 atom stereocenters. The molecule has 2 aromatic carbocycles. The largest absolute Gasteiger partial charge is 0.459 e. The van der Waals surface area contributed by atoms with Gasteiger partial charge in [-0.25, -0.2) is 0 Å². The fraction of sp³-hybridized carbons (Fsp3) is 0.143. The zero-order valence-corrected chi connectivity index (χ0v) is 14.7. The van der Waals surface area contributed by atoms with Gasteiger partial charge in [-0.2, -0.15) is 0 Å². The van der Waals surface area contributed by atoms with Crippen LogP contribution in [0.2, 0.25) is 0 Å². The lowest BCUT2D eigenvalue weighted by atomic mass is 10.1. The van der Waals surface area contributed by atoms with Gasteiger partial charge in [0, 0.05) is 17.8 Å². The number of hydrogen-bond acceptors (Lipinski definition) is 3. The summed E-state index contributed by atoms with van der Waals surface area (Å²) in [6.07, 6.45) is 1.44. The molecule has 2 amide bonds. The number of hydrogen-bond donors (Lipinski definition) is 2. The maximum absolute atomic E-state index is 12.3. The summed E-state index contributed by atoms with van der Waals surface area (Å²) in [5.74, 6) is -0.253. The summed E-state index contributed by atoms with van der Waals surface area (Å²) in [6, 6.07) is 16.1. The fourth-order valence-electron chi connectivity index (χ4n) is 2.63. The molecule has 0 aliphatic rings. The molecule has 0 unspecified atom stereocenters. The number of anilines is 1. The predicted molar refractivity (Wildman–Crippen MR) is 100 cm³/mol. The number of benzene rings is 2. The summed E-state index contributed by atoms with van der Waals surface area (Å²) in [5, 5.41) is 5.63. The van der Waals surface area contributed by atoms with Gasteiger partial charge in [0.25, 0.3) is 11.8 Å². The van der Waals surface area contributed by atoms with Crippen LogP contribution in [0.5, 0.6) is 0 Å². The van der Waals surface area contributed by atoms with Gasteiger partial charge in [0.1, 0.15) is 0 Å². The Hall–Kier alpha value is -3.34. The Morgan fingerprint density at radius 2 is 1.73 bits per heavy atom. The second kappa shape index (κ2) is 7.70. The number of aryl methyl sites for hydroxylation is 2. The Balaban J connectivity index is 1.59. The summed E-state index contributed by atoms with van der Waals surface area (Å²) in [7, 11) is 0. The van der Waals surface area contributed by atoms with E-state index in [9.17, 15) is 9.59 Å². The molecule has 0 fully saturated rings. The van der Waals surface area contributed by atoms with Crippen LogP contribution in [0.1, 0.15) is 37.6 Å². The van der Waals surface area contributed by atoms with Crippen LogP contribution in [0.3, 0.4) is 0 Å². The van der Waals surface area contributed by atoms with Crippen LogP contribution in [0.4, 0.5) is 5.69 Å². The molecular weight excluding hydrogens is 328 g/mol. The van der Waals surface area contributed by atoms with E-state index in [4.69, 9.17) is 4.42 Å². The zero-order valence-electron chi connectivity index (χ0n) is 14.7. The third-order valence-corrected chi connectivity index (χ3v) is 4.09. The van der Waals surface area contributed by atoms with Gasteiger partial charge in [0.15, 0.2) is 5.76 Å². The molecule has 5 nitrogen and oxygen atoms in total. The SMILES string of the molecule is Cc1ccc(CNC(=O)c2ccc(NC(=O)c3ccco3)cc2)c(C)c1. The van der Waals surface area contributed by atoms with Crippen LogP contribution in [0.25, 0.3) is 0 Å². The maximum Gasteiger partial charge on any atom is 0.291 e. The average molecular weight is 348 g/mol. The first-order valence-electron chi connectivity index (χ1n) is 8.32. The number of furan rings is 1. The van der Waals surface area contributed by atoms with Crippen molar-refractivity contribution in [2.24, 2.45) is 0 Å². The Labute approximate surface area is 152 Å². The third-order valence-electron chi connectivity index (χ3n) is 4.09. The molecule has 0 spiro atoms. The number of amides is 2. The van der Waals surface area contributed by atoms with E-state index in [2.05, 4.69) is 16.7 Å². The molecule has 5 heteroatoms. The second-order valence-electron chi connectivity index (χ2n) is 6.12. The van der Waals surface area contributed by atoms with E-state index in [1.54, 1.807) is 36.4 Å². The molecule has 3 aromatic rings. The van der Waals surface area contributed by atoms with Crippen molar-refractivity contribution in [2.75, 3.05) is 5.32 Å². The maximum atomic E-state index is 12.3. The molecule has 1 aromatic heterocycles. The Bertz CT molecular complexity index is 913. The van der Waals surface area contributed by atoms with E-state index >= 15 is 0 Å². The van der Waals surface area contributed by atoms with Crippen molar-refractivity contribution in [3.05, 3.63) is 88.9 Å². The van der Waals surface area contributed by atoms with Gasteiger partial charge in [-0.1, -0.05) is 23.8 Å². The van der Waals surface area contributed by atoms with Gasteiger partial charge in [0.2, 0.25) is 0 Å². The molecule has 1 heterocycles. The molecular formula is C21H20N2O3. The normalized spacial score (nSPS) is 10.4. The van der Waals surface area contributed by atoms with Crippen LogP contribution in [-0.4, -0.2) is 11.8 Å². The molecule has 0 saturated carbocycles. The van der Waals surface area contributed by atoms with Crippen LogP contribution in [0, 0.1) is 13.8 Å². The van der Waals surface area contributed by atoms with Crippen LogP contribution < -0.4 is 10.6 Å². The summed E-state index contributed by atoms with van der Waals surface area (Å²) < 4.78 is 5.04. The highest BCUT2D eigenvalue weighted by atomic mass is 16.3. The first-order valence-corrected chi connectivity index (χ1v) is 8.32. The van der Waals surface area contributed by atoms with E-state index in [0.717, 1.165) is 11.1 Å². The van der Waals surface area contributed by atoms with Crippen molar-refractivity contribution in [2.45, 2.75) is 20.4 Å². The molecule has 0 aliphatic carbocycles. The van der Waals surface area contributed by atoms with Crippen LogP contribution in [-0.2, 0) is 6.54 Å². The van der Waals surface area contributed by atoms with E-state index in [1.807, 2.05) is 26.0 Å². The van der Waals surface area contributed by atoms with Crippen LogP contribution >= 0.6 is 0 Å². The van der Waals surface area contributed by atoms with E-state index < -0.39 is 0 Å². The average Bonchev–Trinajstić information content (AvgIpc) is 3.16. The van der Waals surface area contributed by atoms with Crippen molar-refractivity contribution in [3.8, 4) is 0 Å². The number of carbonyl (C=O) groups excluding carboxylic acids is 2. The van der Waals surface area contributed by atoms with Gasteiger partial charge >= 0.3 is 0 Å². The standard InChI is InChI=1S/C21H20N2O3/c1-14-5-6-17(15(2)12-14)13-22-20(24)16-7-9-18(10-8-16)23-21(25)19-4-3-11-26-19/h3-12H,13H2,1-2H3,(H,22,24)(H,23,25). The minimum atomic E-state index is -0.331. The monoisotopic (exact) mass is 348 g/mol. The van der Waals surface area contributed by atoms with E-state index in [0.29, 0.717) is 17.8 Å². The van der Waals surface area contributed by atoms with Crippen molar-refractivity contribution in [3.63, 3.8) is 0 Å². The molecule has 0 aliphatic heterocycles. The lowest BCUT2D eigenvalue weighted by molar-refractivity contribution is 0.0950. The summed E-state index contributed by atoms with van der Waals surface area (Å²) in [6.45, 7) is 4.55. The van der Waals surface area contributed by atoms with Gasteiger partial charge in [-0.15, -0.1) is 0 Å². The van der Waals surface area contributed by atoms with Crippen molar-refractivity contribution < 1.29 is 14.0 Å².